The highest BCUT2D eigenvalue weighted by molar-refractivity contribution is 7.52. The predicted octanol–water partition coefficient (Wildman–Crippen LogP) is 11.9. The fourth-order valence-electron chi connectivity index (χ4n) is 7.82. The van der Waals surface area contributed by atoms with Crippen LogP contribution in [0.4, 0.5) is 5.82 Å². The Hall–Kier alpha value is -6.93. The molecule has 1 aliphatic heterocycles. The van der Waals surface area contributed by atoms with E-state index in [2.05, 4.69) is 4.90 Å². The first-order valence-electron chi connectivity index (χ1n) is 23.6. The zero-order valence-electron chi connectivity index (χ0n) is 40.0. The molecule has 0 atom stereocenters. The molecule has 1 aliphatic rings. The highest BCUT2D eigenvalue weighted by Crippen LogP contribution is 2.54. The van der Waals surface area contributed by atoms with E-state index in [1.54, 1.807) is 24.4 Å². The van der Waals surface area contributed by atoms with Gasteiger partial charge in [0.15, 0.2) is 5.82 Å². The molecule has 17 heteroatoms. The lowest BCUT2D eigenvalue weighted by Crippen LogP contribution is -2.36. The molecule has 15 nitrogen and oxygen atoms in total. The minimum absolute atomic E-state index is 0.0214. The molecule has 9 rings (SSSR count). The van der Waals surface area contributed by atoms with Crippen molar-refractivity contribution in [2.24, 2.45) is 0 Å². The number of phosphoric acid groups is 1. The van der Waals surface area contributed by atoms with E-state index in [4.69, 9.17) is 42.2 Å². The van der Waals surface area contributed by atoms with Gasteiger partial charge in [-0.1, -0.05) is 166 Å². The number of benzene rings is 6. The Labute approximate surface area is 418 Å². The normalized spacial score (nSPS) is 13.1. The van der Waals surface area contributed by atoms with Crippen LogP contribution in [0, 0.1) is 0 Å². The van der Waals surface area contributed by atoms with Gasteiger partial charge in [0.2, 0.25) is 0 Å². The van der Waals surface area contributed by atoms with Gasteiger partial charge in [-0.05, 0) is 57.5 Å². The maximum absolute atomic E-state index is 15.5. The zero-order chi connectivity index (χ0) is 49.8. The van der Waals surface area contributed by atoms with Crippen LogP contribution in [0.25, 0.3) is 17.1 Å². The highest BCUT2D eigenvalue weighted by Gasteiger charge is 2.37. The van der Waals surface area contributed by atoms with Crippen molar-refractivity contribution in [1.29, 1.82) is 0 Å². The van der Waals surface area contributed by atoms with Crippen LogP contribution in [-0.4, -0.2) is 45.4 Å². The molecule has 0 spiro atoms. The lowest BCUT2D eigenvalue weighted by atomic mass is 9.98. The van der Waals surface area contributed by atoms with Crippen molar-refractivity contribution in [2.45, 2.75) is 52.8 Å². The summed E-state index contributed by atoms with van der Waals surface area (Å²) in [7, 11) is -9.05. The van der Waals surface area contributed by atoms with Crippen molar-refractivity contribution in [3.63, 3.8) is 0 Å². The van der Waals surface area contributed by atoms with Crippen molar-refractivity contribution in [2.75, 3.05) is 31.2 Å². The molecule has 8 aromatic rings. The van der Waals surface area contributed by atoms with Crippen molar-refractivity contribution in [3.8, 4) is 28.6 Å². The Morgan fingerprint density at radius 1 is 0.583 bits per heavy atom. The summed E-state index contributed by atoms with van der Waals surface area (Å²) in [6.45, 7) is 5.90. The van der Waals surface area contributed by atoms with Gasteiger partial charge < -0.3 is 18.9 Å². The smallest absolute Gasteiger partial charge is 0.488 e. The third-order valence-electron chi connectivity index (χ3n) is 11.7. The summed E-state index contributed by atoms with van der Waals surface area (Å²) in [4.78, 5) is 22.2. The second-order valence-corrected chi connectivity index (χ2v) is 20.6. The summed E-state index contributed by atoms with van der Waals surface area (Å²) >= 11 is 0. The zero-order valence-corrected chi connectivity index (χ0v) is 41.8. The summed E-state index contributed by atoms with van der Waals surface area (Å²) in [6.07, 6.45) is 1.57. The summed E-state index contributed by atoms with van der Waals surface area (Å²) < 4.78 is 75.9. The summed E-state index contributed by atoms with van der Waals surface area (Å²) in [5.41, 5.74) is 4.07. The first kappa shape index (κ1) is 50.0. The molecule has 1 fully saturated rings. The van der Waals surface area contributed by atoms with Crippen LogP contribution < -0.4 is 19.9 Å². The van der Waals surface area contributed by atoms with Crippen molar-refractivity contribution in [3.05, 3.63) is 226 Å². The highest BCUT2D eigenvalue weighted by atomic mass is 31.2. The van der Waals surface area contributed by atoms with Gasteiger partial charge >= 0.3 is 21.3 Å². The second-order valence-electron chi connectivity index (χ2n) is 17.2. The van der Waals surface area contributed by atoms with Gasteiger partial charge in [0.1, 0.15) is 23.9 Å². The molecule has 0 N–H and O–H groups in total. The molecular formula is C55H55N5O10P2. The number of hydrogen-bond acceptors (Lipinski definition) is 13. The molecular weight excluding hydrogens is 953 g/mol. The molecule has 0 saturated carbocycles. The van der Waals surface area contributed by atoms with Crippen LogP contribution in [0.5, 0.6) is 11.5 Å². The summed E-state index contributed by atoms with van der Waals surface area (Å²) in [5.74, 6) is 0.751. The quantitative estimate of drug-likeness (QED) is 0.0592. The van der Waals surface area contributed by atoms with Gasteiger partial charge in [-0.15, -0.1) is 9.55 Å². The van der Waals surface area contributed by atoms with E-state index in [0.717, 1.165) is 21.1 Å². The molecule has 0 amide bonds. The average molecular weight is 1010 g/mol. The molecule has 370 valence electrons. The predicted molar refractivity (Wildman–Crippen MR) is 275 cm³/mol. The molecule has 1 saturated heterocycles. The SMILES string of the molecule is CC(C)c1cc(-c2nn(P(=O)(OCc3ccccc3)OCc3ccccc3)c(=O)n2-c2ccc(N3CCOCC3)nc2)c(OCc2ccccc2)cc1OP(=O)(OCc1ccccc1)OCc1ccccc1. The maximum Gasteiger partial charge on any atom is 0.530 e. The molecule has 0 aliphatic carbocycles. The minimum atomic E-state index is -4.64. The minimum Gasteiger partial charge on any atom is -0.488 e. The number of ether oxygens (including phenoxy) is 2. The van der Waals surface area contributed by atoms with E-state index in [1.165, 1.54) is 4.57 Å². The monoisotopic (exact) mass is 1010 g/mol. The molecule has 0 radical (unpaired) electrons. The van der Waals surface area contributed by atoms with Crippen molar-refractivity contribution >= 4 is 21.4 Å². The third kappa shape index (κ3) is 12.6. The largest absolute Gasteiger partial charge is 0.530 e. The number of nitrogens with zero attached hydrogens (tertiary/aromatic N) is 5. The number of aromatic nitrogens is 4. The van der Waals surface area contributed by atoms with E-state index in [9.17, 15) is 4.57 Å². The topological polar surface area (TPSA) is 155 Å². The van der Waals surface area contributed by atoms with E-state index in [0.29, 0.717) is 60.1 Å². The number of hydrogen-bond donors (Lipinski definition) is 0. The van der Waals surface area contributed by atoms with E-state index < -0.39 is 21.3 Å². The molecule has 0 unspecified atom stereocenters. The first-order chi connectivity index (χ1) is 35.1. The van der Waals surface area contributed by atoms with Crippen LogP contribution in [0.2, 0.25) is 0 Å². The Bertz CT molecular complexity index is 3060. The van der Waals surface area contributed by atoms with E-state index in [-0.39, 0.29) is 56.3 Å². The van der Waals surface area contributed by atoms with Gasteiger partial charge in [0.25, 0.3) is 0 Å². The number of phosphoric ester groups is 1. The first-order valence-corrected chi connectivity index (χ1v) is 26.6. The van der Waals surface area contributed by atoms with Crippen LogP contribution in [0.3, 0.4) is 0 Å². The number of morpholine rings is 1. The van der Waals surface area contributed by atoms with Crippen molar-refractivity contribution in [1.82, 2.24) is 19.1 Å². The van der Waals surface area contributed by atoms with E-state index in [1.807, 2.05) is 172 Å². The lowest BCUT2D eigenvalue weighted by Gasteiger charge is -2.27. The Kier molecular flexibility index (Phi) is 16.4. The number of anilines is 1. The number of rotatable bonds is 22. The van der Waals surface area contributed by atoms with Gasteiger partial charge in [-0.3, -0.25) is 18.1 Å². The average Bonchev–Trinajstić information content (AvgIpc) is 3.78. The Morgan fingerprint density at radius 2 is 1.06 bits per heavy atom. The Morgan fingerprint density at radius 3 is 1.51 bits per heavy atom. The standard InChI is InChI=1S/C55H55N5O10P2/c1-42(2)49-34-50(51(65-37-43-18-8-3-9-19-43)35-52(49)70-72(63,68-40-46-24-14-6-15-25-46)69-41-47-26-16-7-17-27-47)54-57-60(55(61)59(54)48-28-29-53(56-36-48)58-30-32-64-33-31-58)71(62,66-38-44-20-10-4-11-21-44)67-39-45-22-12-5-13-23-45/h3-29,34-36,42H,30-33,37-41H2,1-2H3. The summed E-state index contributed by atoms with van der Waals surface area (Å²) in [5, 5.41) is 4.89. The lowest BCUT2D eigenvalue weighted by molar-refractivity contribution is 0.122. The van der Waals surface area contributed by atoms with Crippen LogP contribution in [-0.2, 0) is 65.0 Å². The molecule has 6 aromatic carbocycles. The van der Waals surface area contributed by atoms with Gasteiger partial charge in [0.05, 0.1) is 57.1 Å². The molecule has 2 aromatic heterocycles. The third-order valence-corrected chi connectivity index (χ3v) is 14.6. The van der Waals surface area contributed by atoms with Crippen LogP contribution >= 0.6 is 15.6 Å². The van der Waals surface area contributed by atoms with Crippen LogP contribution in [0.1, 0.15) is 53.1 Å². The molecule has 72 heavy (non-hydrogen) atoms. The van der Waals surface area contributed by atoms with Crippen LogP contribution in [0.15, 0.2) is 187 Å². The Balaban J connectivity index is 1.20. The van der Waals surface area contributed by atoms with Crippen molar-refractivity contribution < 1.29 is 41.2 Å². The van der Waals surface area contributed by atoms with Gasteiger partial charge in [-0.2, -0.15) is 0 Å². The second kappa shape index (κ2) is 23.5. The summed E-state index contributed by atoms with van der Waals surface area (Å²) in [6, 6.07) is 53.4. The van der Waals surface area contributed by atoms with E-state index >= 15 is 9.36 Å². The number of pyridine rings is 1. The fourth-order valence-corrected chi connectivity index (χ4v) is 10.4. The van der Waals surface area contributed by atoms with Gasteiger partial charge in [-0.25, -0.2) is 23.5 Å². The fraction of sp³-hybridized carbons (Fsp3) is 0.218. The molecule has 0 bridgehead atoms. The molecule has 3 heterocycles. The maximum atomic E-state index is 15.5. The van der Waals surface area contributed by atoms with Gasteiger partial charge in [0, 0.05) is 19.2 Å².